The number of hydrogen-bond donors (Lipinski definition) is 1. The first kappa shape index (κ1) is 14.9. The Labute approximate surface area is 129 Å². The molecule has 1 aromatic heterocycles. The SMILES string of the molecule is CCC1CCC(Nc2nc(C)cn2C2CCCCC2)CC1. The molecule has 0 atom stereocenters. The molecule has 0 unspecified atom stereocenters. The molecular weight excluding hydrogens is 258 g/mol. The van der Waals surface area contributed by atoms with E-state index in [-0.39, 0.29) is 0 Å². The van der Waals surface area contributed by atoms with Crippen molar-refractivity contribution in [1.29, 1.82) is 0 Å². The molecule has 2 aliphatic carbocycles. The number of anilines is 1. The van der Waals surface area contributed by atoms with Gasteiger partial charge < -0.3 is 9.88 Å². The monoisotopic (exact) mass is 289 g/mol. The second-order valence-electron chi connectivity index (χ2n) is 7.18. The van der Waals surface area contributed by atoms with Crippen LogP contribution in [-0.2, 0) is 0 Å². The molecule has 3 heteroatoms. The van der Waals surface area contributed by atoms with Gasteiger partial charge in [-0.15, -0.1) is 0 Å². The van der Waals surface area contributed by atoms with Crippen molar-refractivity contribution in [2.75, 3.05) is 5.32 Å². The minimum Gasteiger partial charge on any atom is -0.353 e. The highest BCUT2D eigenvalue weighted by molar-refractivity contribution is 5.31. The van der Waals surface area contributed by atoms with Crippen molar-refractivity contribution in [1.82, 2.24) is 9.55 Å². The molecule has 0 saturated heterocycles. The second-order valence-corrected chi connectivity index (χ2v) is 7.18. The van der Waals surface area contributed by atoms with Crippen molar-refractivity contribution >= 4 is 5.95 Å². The number of hydrogen-bond acceptors (Lipinski definition) is 2. The van der Waals surface area contributed by atoms with Gasteiger partial charge in [-0.25, -0.2) is 4.98 Å². The highest BCUT2D eigenvalue weighted by Gasteiger charge is 2.23. The average molecular weight is 289 g/mol. The molecule has 1 N–H and O–H groups in total. The number of aromatic nitrogens is 2. The lowest BCUT2D eigenvalue weighted by Crippen LogP contribution is -2.28. The van der Waals surface area contributed by atoms with Gasteiger partial charge in [0, 0.05) is 18.3 Å². The predicted molar refractivity (Wildman–Crippen MR) is 88.7 cm³/mol. The van der Waals surface area contributed by atoms with E-state index in [9.17, 15) is 0 Å². The zero-order valence-electron chi connectivity index (χ0n) is 13.8. The minimum atomic E-state index is 0.636. The normalized spacial score (nSPS) is 27.7. The summed E-state index contributed by atoms with van der Waals surface area (Å²) >= 11 is 0. The standard InChI is InChI=1S/C18H31N3/c1-3-15-9-11-16(12-10-15)20-18-19-14(2)13-21(18)17-7-5-4-6-8-17/h13,15-17H,3-12H2,1-2H3,(H,19,20). The van der Waals surface area contributed by atoms with Crippen LogP contribution >= 0.6 is 0 Å². The van der Waals surface area contributed by atoms with E-state index in [0.717, 1.165) is 17.6 Å². The molecule has 0 aliphatic heterocycles. The Bertz CT molecular complexity index is 437. The van der Waals surface area contributed by atoms with Crippen LogP contribution in [0.4, 0.5) is 5.95 Å². The molecule has 2 aliphatic rings. The Hall–Kier alpha value is -0.990. The third kappa shape index (κ3) is 3.61. The zero-order valence-corrected chi connectivity index (χ0v) is 13.8. The van der Waals surface area contributed by atoms with E-state index in [1.807, 2.05) is 0 Å². The summed E-state index contributed by atoms with van der Waals surface area (Å²) in [5.41, 5.74) is 1.16. The number of nitrogens with one attached hydrogen (secondary N) is 1. The molecule has 3 rings (SSSR count). The number of rotatable bonds is 4. The smallest absolute Gasteiger partial charge is 0.203 e. The van der Waals surface area contributed by atoms with E-state index in [1.165, 1.54) is 64.2 Å². The first-order chi connectivity index (χ1) is 10.3. The molecule has 0 aromatic carbocycles. The van der Waals surface area contributed by atoms with E-state index in [0.29, 0.717) is 12.1 Å². The van der Waals surface area contributed by atoms with Crippen LogP contribution in [0.1, 0.15) is 82.9 Å². The Morgan fingerprint density at radius 1 is 1.10 bits per heavy atom. The van der Waals surface area contributed by atoms with E-state index in [2.05, 4.69) is 29.9 Å². The van der Waals surface area contributed by atoms with Gasteiger partial charge in [0.15, 0.2) is 0 Å². The van der Waals surface area contributed by atoms with Gasteiger partial charge in [0.2, 0.25) is 5.95 Å². The minimum absolute atomic E-state index is 0.636. The summed E-state index contributed by atoms with van der Waals surface area (Å²) in [5.74, 6) is 2.10. The molecule has 2 fully saturated rings. The Morgan fingerprint density at radius 2 is 1.81 bits per heavy atom. The molecule has 0 bridgehead atoms. The summed E-state index contributed by atoms with van der Waals surface area (Å²) < 4.78 is 2.44. The van der Waals surface area contributed by atoms with Crippen molar-refractivity contribution < 1.29 is 0 Å². The van der Waals surface area contributed by atoms with Gasteiger partial charge >= 0.3 is 0 Å². The summed E-state index contributed by atoms with van der Waals surface area (Å²) in [4.78, 5) is 4.77. The van der Waals surface area contributed by atoms with Crippen molar-refractivity contribution in [3.8, 4) is 0 Å². The Kier molecular flexibility index (Phi) is 4.87. The maximum atomic E-state index is 4.77. The average Bonchev–Trinajstić information content (AvgIpc) is 2.89. The highest BCUT2D eigenvalue weighted by atomic mass is 15.2. The van der Waals surface area contributed by atoms with Gasteiger partial charge in [0.05, 0.1) is 5.69 Å². The summed E-state index contributed by atoms with van der Waals surface area (Å²) in [6.07, 6.45) is 15.8. The largest absolute Gasteiger partial charge is 0.353 e. The summed E-state index contributed by atoms with van der Waals surface area (Å²) in [7, 11) is 0. The fourth-order valence-electron chi connectivity index (χ4n) is 4.16. The first-order valence-electron chi connectivity index (χ1n) is 9.08. The maximum absolute atomic E-state index is 4.77. The molecule has 0 amide bonds. The fourth-order valence-corrected chi connectivity index (χ4v) is 4.16. The van der Waals surface area contributed by atoms with Crippen molar-refractivity contribution in [3.05, 3.63) is 11.9 Å². The van der Waals surface area contributed by atoms with Crippen LogP contribution in [0.15, 0.2) is 6.20 Å². The van der Waals surface area contributed by atoms with E-state index in [4.69, 9.17) is 4.98 Å². The first-order valence-corrected chi connectivity index (χ1v) is 9.08. The molecule has 21 heavy (non-hydrogen) atoms. The lowest BCUT2D eigenvalue weighted by atomic mass is 9.84. The molecule has 1 aromatic rings. The Balaban J connectivity index is 1.65. The van der Waals surface area contributed by atoms with Crippen molar-refractivity contribution in [3.63, 3.8) is 0 Å². The lowest BCUT2D eigenvalue weighted by molar-refractivity contribution is 0.325. The van der Waals surface area contributed by atoms with Crippen LogP contribution in [0.2, 0.25) is 0 Å². The van der Waals surface area contributed by atoms with E-state index < -0.39 is 0 Å². The van der Waals surface area contributed by atoms with Crippen LogP contribution in [-0.4, -0.2) is 15.6 Å². The highest BCUT2D eigenvalue weighted by Crippen LogP contribution is 2.33. The predicted octanol–water partition coefficient (Wildman–Crippen LogP) is 5.08. The maximum Gasteiger partial charge on any atom is 0.203 e. The van der Waals surface area contributed by atoms with Gasteiger partial charge in [0.25, 0.3) is 0 Å². The summed E-state index contributed by atoms with van der Waals surface area (Å²) in [6, 6.07) is 1.31. The number of nitrogens with zero attached hydrogens (tertiary/aromatic N) is 2. The summed E-state index contributed by atoms with van der Waals surface area (Å²) in [6.45, 7) is 4.45. The molecule has 3 nitrogen and oxygen atoms in total. The molecule has 118 valence electrons. The lowest BCUT2D eigenvalue weighted by Gasteiger charge is -2.30. The van der Waals surface area contributed by atoms with Crippen molar-refractivity contribution in [2.45, 2.75) is 90.1 Å². The van der Waals surface area contributed by atoms with Gasteiger partial charge in [-0.3, -0.25) is 0 Å². The van der Waals surface area contributed by atoms with E-state index in [1.54, 1.807) is 0 Å². The topological polar surface area (TPSA) is 29.9 Å². The summed E-state index contributed by atoms with van der Waals surface area (Å²) in [5, 5.41) is 3.76. The fraction of sp³-hybridized carbons (Fsp3) is 0.833. The number of imidazole rings is 1. The molecule has 2 saturated carbocycles. The molecule has 1 heterocycles. The number of aryl methyl sites for hydroxylation is 1. The van der Waals surface area contributed by atoms with Gasteiger partial charge in [-0.1, -0.05) is 32.6 Å². The van der Waals surface area contributed by atoms with Crippen LogP contribution in [0, 0.1) is 12.8 Å². The molecule has 0 spiro atoms. The molecular formula is C18H31N3. The quantitative estimate of drug-likeness (QED) is 0.838. The van der Waals surface area contributed by atoms with Gasteiger partial charge in [-0.05, 0) is 51.4 Å². The third-order valence-corrected chi connectivity index (χ3v) is 5.58. The van der Waals surface area contributed by atoms with Crippen LogP contribution in [0.3, 0.4) is 0 Å². The third-order valence-electron chi connectivity index (χ3n) is 5.58. The van der Waals surface area contributed by atoms with Gasteiger partial charge in [0.1, 0.15) is 0 Å². The zero-order chi connectivity index (χ0) is 14.7. The second kappa shape index (κ2) is 6.85. The van der Waals surface area contributed by atoms with Crippen LogP contribution in [0.5, 0.6) is 0 Å². The van der Waals surface area contributed by atoms with E-state index >= 15 is 0 Å². The van der Waals surface area contributed by atoms with Crippen molar-refractivity contribution in [2.24, 2.45) is 5.92 Å². The molecule has 0 radical (unpaired) electrons. The Morgan fingerprint density at radius 3 is 2.48 bits per heavy atom. The van der Waals surface area contributed by atoms with Gasteiger partial charge in [-0.2, -0.15) is 0 Å². The van der Waals surface area contributed by atoms with Crippen LogP contribution < -0.4 is 5.32 Å². The van der Waals surface area contributed by atoms with Crippen LogP contribution in [0.25, 0.3) is 0 Å².